The van der Waals surface area contributed by atoms with Crippen molar-refractivity contribution in [1.29, 1.82) is 0 Å². The highest BCUT2D eigenvalue weighted by Crippen LogP contribution is 2.25. The zero-order valence-corrected chi connectivity index (χ0v) is 6.92. The summed E-state index contributed by atoms with van der Waals surface area (Å²) in [7, 11) is 0. The topological polar surface area (TPSA) is 21.6 Å². The lowest BCUT2D eigenvalue weighted by atomic mass is 9.85. The molecule has 0 aromatic heterocycles. The highest BCUT2D eigenvalue weighted by molar-refractivity contribution is 5.64. The second-order valence-electron chi connectivity index (χ2n) is 3.83. The SMILES string of the molecule is CC1CON=CC(C)(C)C1. The molecule has 1 rings (SSSR count). The van der Waals surface area contributed by atoms with Gasteiger partial charge < -0.3 is 4.84 Å². The molecular weight excluding hydrogens is 126 g/mol. The summed E-state index contributed by atoms with van der Waals surface area (Å²) in [5, 5.41) is 3.85. The molecule has 1 atom stereocenters. The van der Waals surface area contributed by atoms with E-state index < -0.39 is 0 Å². The standard InChI is InChI=1S/C8H15NO/c1-7-4-8(2,3)6-9-10-5-7/h6-7H,4-5H2,1-3H3. The van der Waals surface area contributed by atoms with Gasteiger partial charge in [0.1, 0.15) is 6.61 Å². The third-order valence-corrected chi connectivity index (χ3v) is 1.71. The Balaban J connectivity index is 2.59. The van der Waals surface area contributed by atoms with Gasteiger partial charge in [-0.2, -0.15) is 0 Å². The molecule has 1 unspecified atom stereocenters. The summed E-state index contributed by atoms with van der Waals surface area (Å²) in [6.45, 7) is 7.32. The summed E-state index contributed by atoms with van der Waals surface area (Å²) in [6.07, 6.45) is 3.06. The summed E-state index contributed by atoms with van der Waals surface area (Å²) >= 11 is 0. The monoisotopic (exact) mass is 141 g/mol. The molecule has 0 aliphatic carbocycles. The fraction of sp³-hybridized carbons (Fsp3) is 0.875. The molecule has 0 saturated carbocycles. The van der Waals surface area contributed by atoms with Crippen molar-refractivity contribution in [3.8, 4) is 0 Å². The molecule has 0 aromatic rings. The van der Waals surface area contributed by atoms with Crippen LogP contribution in [0.5, 0.6) is 0 Å². The zero-order chi connectivity index (χ0) is 7.61. The fourth-order valence-corrected chi connectivity index (χ4v) is 1.36. The minimum atomic E-state index is 0.218. The van der Waals surface area contributed by atoms with Crippen LogP contribution >= 0.6 is 0 Å². The van der Waals surface area contributed by atoms with Gasteiger partial charge >= 0.3 is 0 Å². The Morgan fingerprint density at radius 3 is 3.00 bits per heavy atom. The van der Waals surface area contributed by atoms with Gasteiger partial charge in [0.2, 0.25) is 0 Å². The third kappa shape index (κ3) is 2.01. The summed E-state index contributed by atoms with van der Waals surface area (Å²) in [5.74, 6) is 0.623. The van der Waals surface area contributed by atoms with E-state index in [2.05, 4.69) is 25.9 Å². The maximum absolute atomic E-state index is 5.01. The van der Waals surface area contributed by atoms with Gasteiger partial charge in [0.05, 0.1) is 0 Å². The highest BCUT2D eigenvalue weighted by atomic mass is 16.6. The molecule has 1 aliphatic heterocycles. The molecule has 0 radical (unpaired) electrons. The van der Waals surface area contributed by atoms with Gasteiger partial charge in [-0.05, 0) is 12.3 Å². The van der Waals surface area contributed by atoms with Gasteiger partial charge in [-0.15, -0.1) is 0 Å². The normalized spacial score (nSPS) is 30.9. The number of rotatable bonds is 0. The van der Waals surface area contributed by atoms with Gasteiger partial charge in [0, 0.05) is 11.6 Å². The molecule has 58 valence electrons. The molecule has 0 spiro atoms. The molecule has 0 saturated heterocycles. The number of hydrogen-bond acceptors (Lipinski definition) is 2. The average Bonchev–Trinajstić information content (AvgIpc) is 1.90. The maximum atomic E-state index is 5.01. The Labute approximate surface area is 62.3 Å². The van der Waals surface area contributed by atoms with E-state index in [1.54, 1.807) is 0 Å². The number of nitrogens with zero attached hydrogens (tertiary/aromatic N) is 1. The van der Waals surface area contributed by atoms with Crippen LogP contribution in [0.4, 0.5) is 0 Å². The van der Waals surface area contributed by atoms with E-state index in [9.17, 15) is 0 Å². The maximum Gasteiger partial charge on any atom is 0.119 e. The lowest BCUT2D eigenvalue weighted by molar-refractivity contribution is 0.115. The van der Waals surface area contributed by atoms with Gasteiger partial charge in [0.25, 0.3) is 0 Å². The summed E-state index contributed by atoms with van der Waals surface area (Å²) in [4.78, 5) is 5.01. The van der Waals surface area contributed by atoms with Crippen molar-refractivity contribution in [2.45, 2.75) is 27.2 Å². The van der Waals surface area contributed by atoms with E-state index in [-0.39, 0.29) is 5.41 Å². The van der Waals surface area contributed by atoms with Crippen molar-refractivity contribution in [3.63, 3.8) is 0 Å². The van der Waals surface area contributed by atoms with Crippen LogP contribution in [-0.4, -0.2) is 12.8 Å². The molecule has 0 fully saturated rings. The quantitative estimate of drug-likeness (QED) is 0.506. The van der Waals surface area contributed by atoms with Crippen LogP contribution in [0.3, 0.4) is 0 Å². The van der Waals surface area contributed by atoms with Gasteiger partial charge in [-0.3, -0.25) is 0 Å². The van der Waals surface area contributed by atoms with Gasteiger partial charge in [-0.25, -0.2) is 0 Å². The first-order chi connectivity index (χ1) is 4.60. The minimum absolute atomic E-state index is 0.218. The lowest BCUT2D eigenvalue weighted by Gasteiger charge is -2.18. The molecule has 0 bridgehead atoms. The van der Waals surface area contributed by atoms with Crippen molar-refractivity contribution in [3.05, 3.63) is 0 Å². The smallest absolute Gasteiger partial charge is 0.119 e. The molecule has 2 nitrogen and oxygen atoms in total. The molecule has 0 N–H and O–H groups in total. The largest absolute Gasteiger partial charge is 0.396 e. The van der Waals surface area contributed by atoms with Crippen LogP contribution in [0, 0.1) is 11.3 Å². The van der Waals surface area contributed by atoms with Crippen LogP contribution < -0.4 is 0 Å². The van der Waals surface area contributed by atoms with E-state index in [0.717, 1.165) is 13.0 Å². The van der Waals surface area contributed by atoms with Crippen LogP contribution in [0.15, 0.2) is 5.16 Å². The first-order valence-corrected chi connectivity index (χ1v) is 3.77. The van der Waals surface area contributed by atoms with Crippen LogP contribution in [0.2, 0.25) is 0 Å². The molecule has 1 aliphatic rings. The van der Waals surface area contributed by atoms with E-state index in [4.69, 9.17) is 4.84 Å². The van der Waals surface area contributed by atoms with Crippen molar-refractivity contribution >= 4 is 6.21 Å². The molecular formula is C8H15NO. The number of hydrogen-bond donors (Lipinski definition) is 0. The van der Waals surface area contributed by atoms with E-state index >= 15 is 0 Å². The lowest BCUT2D eigenvalue weighted by Crippen LogP contribution is -2.16. The highest BCUT2D eigenvalue weighted by Gasteiger charge is 2.21. The van der Waals surface area contributed by atoms with Crippen molar-refractivity contribution in [2.24, 2.45) is 16.5 Å². The summed E-state index contributed by atoms with van der Waals surface area (Å²) < 4.78 is 0. The second-order valence-corrected chi connectivity index (χ2v) is 3.83. The second kappa shape index (κ2) is 2.60. The van der Waals surface area contributed by atoms with E-state index in [0.29, 0.717) is 5.92 Å². The molecule has 10 heavy (non-hydrogen) atoms. The van der Waals surface area contributed by atoms with Gasteiger partial charge in [-0.1, -0.05) is 25.9 Å². The van der Waals surface area contributed by atoms with Crippen molar-refractivity contribution in [2.75, 3.05) is 6.61 Å². The Bertz CT molecular complexity index is 140. The zero-order valence-electron chi connectivity index (χ0n) is 6.92. The van der Waals surface area contributed by atoms with Gasteiger partial charge in [0.15, 0.2) is 0 Å². The Kier molecular flexibility index (Phi) is 1.97. The minimum Gasteiger partial charge on any atom is -0.396 e. The third-order valence-electron chi connectivity index (χ3n) is 1.71. The van der Waals surface area contributed by atoms with Crippen LogP contribution in [0.25, 0.3) is 0 Å². The fourth-order valence-electron chi connectivity index (χ4n) is 1.36. The molecule has 2 heteroatoms. The van der Waals surface area contributed by atoms with E-state index in [1.807, 2.05) is 6.21 Å². The summed E-state index contributed by atoms with van der Waals surface area (Å²) in [6, 6.07) is 0. The van der Waals surface area contributed by atoms with Crippen molar-refractivity contribution < 1.29 is 4.84 Å². The Hall–Kier alpha value is -0.530. The number of oxime groups is 1. The van der Waals surface area contributed by atoms with Crippen LogP contribution in [-0.2, 0) is 4.84 Å². The average molecular weight is 141 g/mol. The first-order valence-electron chi connectivity index (χ1n) is 3.77. The summed E-state index contributed by atoms with van der Waals surface area (Å²) in [5.41, 5.74) is 0.218. The molecule has 0 aromatic carbocycles. The Morgan fingerprint density at radius 2 is 2.30 bits per heavy atom. The van der Waals surface area contributed by atoms with Crippen molar-refractivity contribution in [1.82, 2.24) is 0 Å². The van der Waals surface area contributed by atoms with Crippen LogP contribution in [0.1, 0.15) is 27.2 Å². The predicted octanol–water partition coefficient (Wildman–Crippen LogP) is 2.05. The first kappa shape index (κ1) is 7.58. The predicted molar refractivity (Wildman–Crippen MR) is 42.0 cm³/mol. The molecule has 0 amide bonds. The van der Waals surface area contributed by atoms with E-state index in [1.165, 1.54) is 0 Å². The molecule has 1 heterocycles. The Morgan fingerprint density at radius 1 is 1.60 bits per heavy atom.